The molecule has 0 aromatic heterocycles. The molecule has 0 aromatic rings. The minimum absolute atomic E-state index is 0. The Kier molecular flexibility index (Phi) is 20500. The van der Waals surface area contributed by atoms with Crippen LogP contribution in [0.25, 0.3) is 0 Å². The minimum Gasteiger partial charge on any atom is -0.512 e. The van der Waals surface area contributed by atoms with E-state index >= 15 is 0 Å². The van der Waals surface area contributed by atoms with Crippen molar-refractivity contribution < 1.29 is 25.0 Å². The number of hydrogen-bond acceptors (Lipinski definition) is 1. The van der Waals surface area contributed by atoms with Crippen molar-refractivity contribution in [3.8, 4) is 0 Å². The summed E-state index contributed by atoms with van der Waals surface area (Å²) in [6, 6.07) is 0. The second kappa shape index (κ2) is 2450. The van der Waals surface area contributed by atoms with Gasteiger partial charge in [0.1, 0.15) is 0 Å². The van der Waals surface area contributed by atoms with E-state index in [0.29, 0.717) is 0 Å². The van der Waals surface area contributed by atoms with Crippen LogP contribution in [0.15, 0.2) is 0 Å². The van der Waals surface area contributed by atoms with E-state index in [2.05, 4.69) is 0 Å². The first-order valence-electron chi connectivity index (χ1n) is 0.224. The first-order chi connectivity index (χ1) is 1.00. The van der Waals surface area contributed by atoms with E-state index in [4.69, 9.17) is 11.8 Å². The molecule has 3 heteroatoms. The van der Waals surface area contributed by atoms with Gasteiger partial charge in [-0.3, -0.25) is 0 Å². The molecule has 0 aromatic carbocycles. The summed E-state index contributed by atoms with van der Waals surface area (Å²) in [6.07, 6.45) is 0. The van der Waals surface area contributed by atoms with Crippen LogP contribution in [0.5, 0.6) is 0 Å². The van der Waals surface area contributed by atoms with Crippen molar-refractivity contribution in [1.29, 1.82) is 5.26 Å². The predicted molar refractivity (Wildman–Crippen MR) is 8.58 cm³/mol. The average molecular weight is 109 g/mol. The first kappa shape index (κ1) is 33.4. The van der Waals surface area contributed by atoms with Crippen molar-refractivity contribution in [2.75, 3.05) is 0 Å². The van der Waals surface area contributed by atoms with E-state index in [1.54, 1.807) is 0 Å². The van der Waals surface area contributed by atoms with Crippen molar-refractivity contribution >= 4 is 0 Å². The summed E-state index contributed by atoms with van der Waals surface area (Å²) >= 11 is 0. The molecule has 0 heterocycles. The zero-order chi connectivity index (χ0) is 2.00. The van der Waals surface area contributed by atoms with E-state index in [0.717, 1.165) is 0 Å². The summed E-state index contributed by atoms with van der Waals surface area (Å²) in [5.41, 5.74) is 0. The summed E-state index contributed by atoms with van der Waals surface area (Å²) in [4.78, 5) is 0. The second-order valence-corrected chi connectivity index (χ2v) is 0. The fourth-order valence-corrected chi connectivity index (χ4v) is 0. The fraction of sp³-hybridized carbons (Fsp3) is 0. The van der Waals surface area contributed by atoms with E-state index in [1.165, 1.54) is 0 Å². The van der Waals surface area contributed by atoms with Crippen LogP contribution in [0.1, 0.15) is 0 Å². The summed E-state index contributed by atoms with van der Waals surface area (Å²) in [5.74, 6) is 0. The summed E-state index contributed by atoms with van der Waals surface area (Å²) in [7, 11) is 0. The molecule has 2 nitrogen and oxygen atoms in total. The Morgan fingerprint density at radius 3 is 1.25 bits per heavy atom. The van der Waals surface area contributed by atoms with E-state index in [9.17, 15) is 0 Å². The Labute approximate surface area is 37.5 Å². The average Bonchev–Trinajstić information content (AvgIpc) is 1.00. The van der Waals surface area contributed by atoms with Crippen LogP contribution in [0.2, 0.25) is 0 Å². The van der Waals surface area contributed by atoms with Crippen LogP contribution in [-0.4, -0.2) is 5.48 Å². The molecule has 0 aliphatic heterocycles. The van der Waals surface area contributed by atoms with E-state index in [-0.39, 0.29) is 25.0 Å². The van der Waals surface area contributed by atoms with Crippen LogP contribution < -0.4 is 0 Å². The molecule has 0 saturated carbocycles. The van der Waals surface area contributed by atoms with Gasteiger partial charge in [-0.2, -0.15) is 0 Å². The number of hydrogen-bond donors (Lipinski definition) is 0. The molecular formula is CH2NOZn-. The van der Waals surface area contributed by atoms with Crippen molar-refractivity contribution in [1.82, 2.24) is 0 Å². The third-order valence-corrected chi connectivity index (χ3v) is 0. The monoisotopic (exact) mass is 108 g/mol. The smallest absolute Gasteiger partial charge is 0 e. The maximum atomic E-state index is 6.25. The molecule has 0 aliphatic carbocycles. The van der Waals surface area contributed by atoms with Gasteiger partial charge in [0.25, 0.3) is 0 Å². The molecule has 0 radical (unpaired) electrons. The van der Waals surface area contributed by atoms with Gasteiger partial charge in [-0.1, -0.05) is 0 Å². The summed E-state index contributed by atoms with van der Waals surface area (Å²) in [6.45, 7) is 4.75. The maximum absolute atomic E-state index is 6.25. The zero-order valence-electron chi connectivity index (χ0n) is 2.15. The molecule has 0 aliphatic rings. The van der Waals surface area contributed by atoms with Crippen molar-refractivity contribution in [2.24, 2.45) is 0 Å². The van der Waals surface area contributed by atoms with Gasteiger partial charge in [0.05, 0.1) is 0 Å². The van der Waals surface area contributed by atoms with Gasteiger partial charge in [0.15, 0.2) is 0 Å². The molecule has 4 heavy (non-hydrogen) atoms. The number of rotatable bonds is 0. The van der Waals surface area contributed by atoms with Crippen LogP contribution in [0, 0.1) is 11.8 Å². The third kappa shape index (κ3) is 444. The molecule has 0 unspecified atom stereocenters. The van der Waals surface area contributed by atoms with Crippen molar-refractivity contribution in [2.45, 2.75) is 0 Å². The van der Waals surface area contributed by atoms with Crippen LogP contribution in [0.4, 0.5) is 0 Å². The van der Waals surface area contributed by atoms with Gasteiger partial charge in [0, 0.05) is 19.5 Å². The molecule has 0 bridgehead atoms. The van der Waals surface area contributed by atoms with Gasteiger partial charge < -0.3 is 17.3 Å². The van der Waals surface area contributed by atoms with Crippen molar-refractivity contribution in [3.05, 3.63) is 6.57 Å². The Morgan fingerprint density at radius 2 is 1.25 bits per heavy atom. The summed E-state index contributed by atoms with van der Waals surface area (Å²) < 4.78 is 0. The molecule has 0 spiro atoms. The summed E-state index contributed by atoms with van der Waals surface area (Å²) in [5, 5.41) is 6.25. The normalized spacial score (nSPS) is 0.500. The molecule has 20 valence electrons. The van der Waals surface area contributed by atoms with Crippen LogP contribution in [0.3, 0.4) is 0 Å². The maximum Gasteiger partial charge on any atom is 0 e. The third-order valence-electron chi connectivity index (χ3n) is 0. The zero-order valence-corrected chi connectivity index (χ0v) is 5.12. The molecule has 0 amide bonds. The van der Waals surface area contributed by atoms with Gasteiger partial charge >= 0.3 is 0 Å². The Balaban J connectivity index is -0.00000000500. The molecule has 2 N–H and O–H groups in total. The minimum atomic E-state index is 0. The van der Waals surface area contributed by atoms with E-state index in [1.807, 2.05) is 0 Å². The van der Waals surface area contributed by atoms with Crippen molar-refractivity contribution in [3.63, 3.8) is 0 Å². The largest absolute Gasteiger partial charge is 0.512 e. The van der Waals surface area contributed by atoms with Gasteiger partial charge in [-0.05, 0) is 0 Å². The predicted octanol–water partition coefficient (Wildman–Crippen LogP) is -0.731. The van der Waals surface area contributed by atoms with Gasteiger partial charge in [-0.15, -0.1) is 0 Å². The number of nitrogens with zero attached hydrogens (tertiary/aromatic N) is 1. The van der Waals surface area contributed by atoms with E-state index < -0.39 is 0 Å². The standard InChI is InChI=1S/CN.H2O.Zn/c1-2;;/h;1H2;/q-1;;. The quantitative estimate of drug-likeness (QED) is 0.299. The molecular weight excluding hydrogens is 107 g/mol. The second-order valence-electron chi connectivity index (χ2n) is 0. The van der Waals surface area contributed by atoms with Gasteiger partial charge in [-0.25, -0.2) is 0 Å². The Morgan fingerprint density at radius 1 is 1.25 bits per heavy atom. The molecule has 0 saturated heterocycles. The first-order valence-corrected chi connectivity index (χ1v) is 0.224. The van der Waals surface area contributed by atoms with Gasteiger partial charge in [0.2, 0.25) is 0 Å². The topological polar surface area (TPSA) is 55.3 Å². The molecule has 0 fully saturated rings. The molecule has 0 rings (SSSR count). The fourth-order valence-electron chi connectivity index (χ4n) is 0. The Bertz CT molecular complexity index is 12.8. The Hall–Kier alpha value is 0.0734. The van der Waals surface area contributed by atoms with Crippen LogP contribution >= 0.6 is 0 Å². The van der Waals surface area contributed by atoms with Crippen LogP contribution in [-0.2, 0) is 19.5 Å². The molecule has 0 atom stereocenters. The SMILES string of the molecule is O.[C-]#N.[Zn].